The van der Waals surface area contributed by atoms with Gasteiger partial charge in [-0.3, -0.25) is 9.59 Å². The lowest BCUT2D eigenvalue weighted by Gasteiger charge is -2.30. The number of aliphatic hydroxyl groups is 2. The van der Waals surface area contributed by atoms with Crippen LogP contribution in [0, 0.1) is 17.8 Å². The lowest BCUT2D eigenvalue weighted by molar-refractivity contribution is -0.215. The highest BCUT2D eigenvalue weighted by molar-refractivity contribution is 5.73. The number of aliphatic hydroxyl groups excluding tert-OH is 2. The van der Waals surface area contributed by atoms with E-state index >= 15 is 0 Å². The van der Waals surface area contributed by atoms with Crippen molar-refractivity contribution in [3.05, 3.63) is 83.9 Å². The minimum absolute atomic E-state index is 0.0940. The molecule has 0 bridgehead atoms. The number of unbranched alkanes of at least 4 members (excludes halogenated alkanes) is 1. The van der Waals surface area contributed by atoms with Gasteiger partial charge < -0.3 is 29.2 Å². The van der Waals surface area contributed by atoms with Gasteiger partial charge in [-0.1, -0.05) is 72.8 Å². The van der Waals surface area contributed by atoms with Crippen LogP contribution in [0.3, 0.4) is 0 Å². The van der Waals surface area contributed by atoms with Gasteiger partial charge in [0, 0.05) is 24.3 Å². The molecule has 0 spiro atoms. The molecule has 4 rings (SSSR count). The van der Waals surface area contributed by atoms with E-state index in [0.717, 1.165) is 18.4 Å². The van der Waals surface area contributed by atoms with Crippen molar-refractivity contribution in [2.75, 3.05) is 13.2 Å². The van der Waals surface area contributed by atoms with Crippen LogP contribution in [0.5, 0.6) is 0 Å². The maximum Gasteiger partial charge on any atom is 0.313 e. The molecule has 0 radical (unpaired) electrons. The summed E-state index contributed by atoms with van der Waals surface area (Å²) in [5.74, 6) is -1.31. The molecule has 2 fully saturated rings. The standard InChI is InChI=1S/C37H50O8/c1-26(2)44-35(40)18-12-4-3-11-17-31-32(22-21-30(38)20-19-27-13-7-5-8-14-27)34(23-33(31)39)45-36(41)29-24-42-37(43-25-29)28-15-9-6-10-16-28/h3,5-11,13-16,26,29-34,37-39H,4,12,17-25H2,1-2H3/b11-3-/t29?,30-,31+,32+,33-,34+,37?/m0/s1. The van der Waals surface area contributed by atoms with E-state index in [-0.39, 0.29) is 43.1 Å². The molecular weight excluding hydrogens is 572 g/mol. The molecule has 1 aliphatic heterocycles. The fourth-order valence-electron chi connectivity index (χ4n) is 6.27. The first-order valence-corrected chi connectivity index (χ1v) is 16.5. The minimum Gasteiger partial charge on any atom is -0.463 e. The number of hydrogen-bond donors (Lipinski definition) is 2. The van der Waals surface area contributed by atoms with Gasteiger partial charge >= 0.3 is 11.9 Å². The normalized spacial score (nSPS) is 25.8. The van der Waals surface area contributed by atoms with Crippen LogP contribution in [-0.4, -0.2) is 59.8 Å². The second kappa shape index (κ2) is 18.2. The summed E-state index contributed by atoms with van der Waals surface area (Å²) in [4.78, 5) is 25.0. The number of aryl methyl sites for hydroxylation is 1. The second-order valence-electron chi connectivity index (χ2n) is 12.6. The summed E-state index contributed by atoms with van der Waals surface area (Å²) in [6.07, 6.45) is 7.33. The van der Waals surface area contributed by atoms with Crippen molar-refractivity contribution < 1.29 is 38.7 Å². The van der Waals surface area contributed by atoms with Crippen LogP contribution >= 0.6 is 0 Å². The number of ether oxygens (including phenoxy) is 4. The highest BCUT2D eigenvalue weighted by atomic mass is 16.7. The first-order chi connectivity index (χ1) is 21.8. The van der Waals surface area contributed by atoms with Crippen molar-refractivity contribution in [3.8, 4) is 0 Å². The molecule has 2 aliphatic rings. The molecule has 246 valence electrons. The summed E-state index contributed by atoms with van der Waals surface area (Å²) >= 11 is 0. The number of allylic oxidation sites excluding steroid dienone is 2. The SMILES string of the molecule is CC(C)OC(=O)CCC/C=C\C[C@@H]1[C@@H](CC[C@@H](O)CCc2ccccc2)[C@H](OC(=O)C2COC(c3ccccc3)OC2)C[C@@H]1O. The monoisotopic (exact) mass is 622 g/mol. The number of hydrogen-bond acceptors (Lipinski definition) is 8. The molecule has 0 unspecified atom stereocenters. The predicted octanol–water partition coefficient (Wildman–Crippen LogP) is 6.10. The van der Waals surface area contributed by atoms with Crippen LogP contribution in [0.2, 0.25) is 0 Å². The minimum atomic E-state index is -0.624. The second-order valence-corrected chi connectivity index (χ2v) is 12.6. The maximum atomic E-state index is 13.2. The number of carbonyl (C=O) groups excluding carboxylic acids is 2. The molecule has 2 aromatic carbocycles. The number of rotatable bonds is 16. The fourth-order valence-corrected chi connectivity index (χ4v) is 6.27. The van der Waals surface area contributed by atoms with Crippen molar-refractivity contribution >= 4 is 11.9 Å². The zero-order chi connectivity index (χ0) is 32.0. The molecule has 2 aromatic rings. The van der Waals surface area contributed by atoms with Gasteiger partial charge in [0.2, 0.25) is 0 Å². The first-order valence-electron chi connectivity index (χ1n) is 16.5. The van der Waals surface area contributed by atoms with Crippen LogP contribution in [0.15, 0.2) is 72.8 Å². The van der Waals surface area contributed by atoms with E-state index < -0.39 is 30.5 Å². The summed E-state index contributed by atoms with van der Waals surface area (Å²) in [6, 6.07) is 19.7. The van der Waals surface area contributed by atoms with E-state index in [1.807, 2.05) is 68.5 Å². The third kappa shape index (κ3) is 11.4. The molecule has 8 heteroatoms. The molecule has 1 saturated carbocycles. The summed E-state index contributed by atoms with van der Waals surface area (Å²) in [7, 11) is 0. The molecule has 1 heterocycles. The number of esters is 2. The third-order valence-corrected chi connectivity index (χ3v) is 8.70. The molecule has 2 N–H and O–H groups in total. The molecule has 0 aromatic heterocycles. The Morgan fingerprint density at radius 2 is 1.64 bits per heavy atom. The molecule has 8 nitrogen and oxygen atoms in total. The van der Waals surface area contributed by atoms with Crippen LogP contribution in [0.25, 0.3) is 0 Å². The summed E-state index contributed by atoms with van der Waals surface area (Å²) in [5.41, 5.74) is 2.09. The molecule has 45 heavy (non-hydrogen) atoms. The number of carbonyl (C=O) groups is 2. The van der Waals surface area contributed by atoms with E-state index in [0.29, 0.717) is 44.9 Å². The van der Waals surface area contributed by atoms with Crippen molar-refractivity contribution in [1.29, 1.82) is 0 Å². The highest BCUT2D eigenvalue weighted by Gasteiger charge is 2.44. The van der Waals surface area contributed by atoms with Gasteiger partial charge in [0.15, 0.2) is 6.29 Å². The van der Waals surface area contributed by atoms with Crippen molar-refractivity contribution in [2.24, 2.45) is 17.8 Å². The Morgan fingerprint density at radius 1 is 0.956 bits per heavy atom. The van der Waals surface area contributed by atoms with E-state index in [9.17, 15) is 19.8 Å². The summed E-state index contributed by atoms with van der Waals surface area (Å²) in [5, 5.41) is 21.9. The van der Waals surface area contributed by atoms with Crippen molar-refractivity contribution in [3.63, 3.8) is 0 Å². The lowest BCUT2D eigenvalue weighted by Crippen LogP contribution is -2.36. The summed E-state index contributed by atoms with van der Waals surface area (Å²) in [6.45, 7) is 4.08. The van der Waals surface area contributed by atoms with Gasteiger partial charge in [-0.25, -0.2) is 0 Å². The van der Waals surface area contributed by atoms with Crippen LogP contribution < -0.4 is 0 Å². The van der Waals surface area contributed by atoms with E-state index in [4.69, 9.17) is 18.9 Å². The quantitative estimate of drug-likeness (QED) is 0.131. The summed E-state index contributed by atoms with van der Waals surface area (Å²) < 4.78 is 22.9. The average molecular weight is 623 g/mol. The highest BCUT2D eigenvalue weighted by Crippen LogP contribution is 2.41. The van der Waals surface area contributed by atoms with Gasteiger partial charge in [0.05, 0.1) is 31.5 Å². The van der Waals surface area contributed by atoms with Gasteiger partial charge in [0.25, 0.3) is 0 Å². The zero-order valence-electron chi connectivity index (χ0n) is 26.7. The Hall–Kier alpha value is -3.04. The van der Waals surface area contributed by atoms with E-state index in [2.05, 4.69) is 18.2 Å². The maximum absolute atomic E-state index is 13.2. The largest absolute Gasteiger partial charge is 0.463 e. The van der Waals surface area contributed by atoms with Gasteiger partial charge in [0.1, 0.15) is 12.0 Å². The Balaban J connectivity index is 1.31. The third-order valence-electron chi connectivity index (χ3n) is 8.70. The molecule has 5 atom stereocenters. The Labute approximate surface area is 267 Å². The Bertz CT molecular complexity index is 1180. The Kier molecular flexibility index (Phi) is 14.1. The van der Waals surface area contributed by atoms with Crippen molar-refractivity contribution in [1.82, 2.24) is 0 Å². The Morgan fingerprint density at radius 3 is 2.33 bits per heavy atom. The smallest absolute Gasteiger partial charge is 0.313 e. The predicted molar refractivity (Wildman–Crippen MR) is 171 cm³/mol. The van der Waals surface area contributed by atoms with Gasteiger partial charge in [-0.05, 0) is 70.3 Å². The van der Waals surface area contributed by atoms with Crippen molar-refractivity contribution in [2.45, 2.75) is 102 Å². The molecule has 1 aliphatic carbocycles. The number of benzene rings is 2. The molecule has 0 amide bonds. The van der Waals surface area contributed by atoms with Crippen LogP contribution in [0.4, 0.5) is 0 Å². The topological polar surface area (TPSA) is 112 Å². The van der Waals surface area contributed by atoms with E-state index in [1.54, 1.807) is 0 Å². The van der Waals surface area contributed by atoms with Gasteiger partial charge in [-0.2, -0.15) is 0 Å². The molecule has 1 saturated heterocycles. The average Bonchev–Trinajstić information content (AvgIpc) is 3.34. The lowest BCUT2D eigenvalue weighted by atomic mass is 9.85. The molecular formula is C37H50O8. The fraction of sp³-hybridized carbons (Fsp3) is 0.568. The van der Waals surface area contributed by atoms with E-state index in [1.165, 1.54) is 5.56 Å². The zero-order valence-corrected chi connectivity index (χ0v) is 26.7. The van der Waals surface area contributed by atoms with Crippen LogP contribution in [0.1, 0.15) is 82.6 Å². The van der Waals surface area contributed by atoms with Crippen LogP contribution in [-0.2, 0) is 35.0 Å². The van der Waals surface area contributed by atoms with Gasteiger partial charge in [-0.15, -0.1) is 0 Å². The first kappa shape index (κ1) is 34.8.